The Kier molecular flexibility index (Phi) is 7.34. The van der Waals surface area contributed by atoms with Crippen LogP contribution in [0.3, 0.4) is 0 Å². The minimum absolute atomic E-state index is 0.176. The van der Waals surface area contributed by atoms with Crippen molar-refractivity contribution in [1.29, 1.82) is 0 Å². The van der Waals surface area contributed by atoms with Crippen molar-refractivity contribution in [1.82, 2.24) is 0 Å². The van der Waals surface area contributed by atoms with E-state index in [9.17, 15) is 44.3 Å². The van der Waals surface area contributed by atoms with Crippen molar-refractivity contribution < 1.29 is 58.5 Å². The van der Waals surface area contributed by atoms with Crippen molar-refractivity contribution in [2.75, 3.05) is 20.3 Å². The molecule has 0 N–H and O–H groups in total. The van der Waals surface area contributed by atoms with Crippen LogP contribution in [0.2, 0.25) is 0 Å². The lowest BCUT2D eigenvalue weighted by atomic mass is 9.82. The summed E-state index contributed by atoms with van der Waals surface area (Å²) in [6.07, 6.45) is -12.7. The highest BCUT2D eigenvalue weighted by molar-refractivity contribution is 6.05. The molecule has 14 heteroatoms. The second-order valence-electron chi connectivity index (χ2n) is 7.93. The van der Waals surface area contributed by atoms with Crippen molar-refractivity contribution >= 4 is 11.7 Å². The maximum absolute atomic E-state index is 14.6. The highest BCUT2D eigenvalue weighted by Crippen LogP contribution is 2.55. The summed E-state index contributed by atoms with van der Waals surface area (Å²) in [5, 5.41) is 0. The predicted molar refractivity (Wildman–Crippen MR) is 106 cm³/mol. The van der Waals surface area contributed by atoms with Gasteiger partial charge in [0.2, 0.25) is 5.79 Å². The van der Waals surface area contributed by atoms with Gasteiger partial charge >= 0.3 is 24.5 Å². The van der Waals surface area contributed by atoms with Gasteiger partial charge in [0, 0.05) is 0 Å². The Hall–Kier alpha value is -2.87. The van der Waals surface area contributed by atoms with Crippen molar-refractivity contribution in [3.8, 4) is 0 Å². The van der Waals surface area contributed by atoms with Crippen LogP contribution in [0.5, 0.6) is 0 Å². The number of benzene rings is 1. The standard InChI is InChI=1S/C22H18F9NO4/c1-34-17(33)16-10-13-4-2-3-5-15(13)21(16,22(29,30)31)32-14-6-8-18(9-7-14,35-11-19(23,24)25)36-12-20(26,27)28/h2-9,16H,10-12H2,1H3/t16-,21-/m1/s1. The van der Waals surface area contributed by atoms with Gasteiger partial charge in [-0.15, -0.1) is 0 Å². The number of carbonyl (C=O) groups excluding carboxylic acids is 1. The summed E-state index contributed by atoms with van der Waals surface area (Å²) in [6.45, 7) is -4.01. The normalized spacial score (nSPS) is 23.5. The number of hydrogen-bond donors (Lipinski definition) is 0. The van der Waals surface area contributed by atoms with E-state index < -0.39 is 60.7 Å². The van der Waals surface area contributed by atoms with Crippen molar-refractivity contribution in [2.45, 2.75) is 36.3 Å². The zero-order chi connectivity index (χ0) is 27.0. The Balaban J connectivity index is 2.06. The predicted octanol–water partition coefficient (Wildman–Crippen LogP) is 5.21. The maximum atomic E-state index is 14.6. The number of carbonyl (C=O) groups is 1. The molecule has 0 aliphatic heterocycles. The minimum Gasteiger partial charge on any atom is -0.469 e. The molecule has 2 aliphatic rings. The van der Waals surface area contributed by atoms with E-state index in [1.165, 1.54) is 18.2 Å². The average Bonchev–Trinajstić information content (AvgIpc) is 3.12. The van der Waals surface area contributed by atoms with Gasteiger partial charge in [-0.1, -0.05) is 24.3 Å². The minimum atomic E-state index is -5.14. The number of rotatable bonds is 6. The molecule has 0 unspecified atom stereocenters. The second-order valence-corrected chi connectivity index (χ2v) is 7.93. The lowest BCUT2D eigenvalue weighted by Crippen LogP contribution is -2.48. The largest absolute Gasteiger partial charge is 0.469 e. The molecule has 0 fully saturated rings. The molecule has 0 heterocycles. The number of allylic oxidation sites excluding steroid dienone is 2. The Morgan fingerprint density at radius 2 is 1.47 bits per heavy atom. The van der Waals surface area contributed by atoms with Gasteiger partial charge < -0.3 is 14.2 Å². The number of fused-ring (bicyclic) bond motifs is 1. The average molecular weight is 531 g/mol. The van der Waals surface area contributed by atoms with E-state index in [2.05, 4.69) is 19.2 Å². The van der Waals surface area contributed by atoms with Crippen LogP contribution in [-0.2, 0) is 31.0 Å². The number of aliphatic imine (C=N–C) groups is 1. The van der Waals surface area contributed by atoms with Crippen LogP contribution in [0, 0.1) is 5.92 Å². The Morgan fingerprint density at radius 1 is 0.944 bits per heavy atom. The number of nitrogens with zero attached hydrogens (tertiary/aromatic N) is 1. The van der Waals surface area contributed by atoms with E-state index >= 15 is 0 Å². The molecule has 5 nitrogen and oxygen atoms in total. The van der Waals surface area contributed by atoms with Crippen LogP contribution in [-0.4, -0.2) is 56.3 Å². The quantitative estimate of drug-likeness (QED) is 0.288. The molecular weight excluding hydrogens is 513 g/mol. The summed E-state index contributed by atoms with van der Waals surface area (Å²) < 4.78 is 133. The molecule has 36 heavy (non-hydrogen) atoms. The fourth-order valence-corrected chi connectivity index (χ4v) is 3.99. The Morgan fingerprint density at radius 3 is 1.94 bits per heavy atom. The van der Waals surface area contributed by atoms with E-state index in [4.69, 9.17) is 0 Å². The lowest BCUT2D eigenvalue weighted by molar-refractivity contribution is -0.274. The van der Waals surface area contributed by atoms with Gasteiger partial charge in [-0.25, -0.2) is 0 Å². The fraction of sp³-hybridized carbons (Fsp3) is 0.455. The van der Waals surface area contributed by atoms with Gasteiger partial charge in [0.05, 0.1) is 18.7 Å². The monoisotopic (exact) mass is 531 g/mol. The number of hydrogen-bond acceptors (Lipinski definition) is 5. The molecule has 1 aromatic rings. The first-order valence-electron chi connectivity index (χ1n) is 10.1. The summed E-state index contributed by atoms with van der Waals surface area (Å²) in [6, 6.07) is 5.30. The third-order valence-corrected chi connectivity index (χ3v) is 5.48. The molecule has 0 aromatic heterocycles. The molecular formula is C22H18F9NO4. The van der Waals surface area contributed by atoms with Gasteiger partial charge in [-0.05, 0) is 41.9 Å². The molecule has 2 atom stereocenters. The highest BCUT2D eigenvalue weighted by Gasteiger charge is 2.67. The molecule has 0 saturated heterocycles. The third-order valence-electron chi connectivity index (χ3n) is 5.48. The number of methoxy groups -OCH3 is 1. The number of ether oxygens (including phenoxy) is 3. The highest BCUT2D eigenvalue weighted by atomic mass is 19.4. The summed E-state index contributed by atoms with van der Waals surface area (Å²) in [4.78, 5) is 16.1. The molecule has 0 spiro atoms. The van der Waals surface area contributed by atoms with Crippen molar-refractivity contribution in [3.63, 3.8) is 0 Å². The first-order chi connectivity index (χ1) is 16.5. The van der Waals surface area contributed by atoms with Crippen molar-refractivity contribution in [3.05, 3.63) is 59.7 Å². The van der Waals surface area contributed by atoms with Gasteiger partial charge in [0.25, 0.3) is 0 Å². The molecule has 0 saturated carbocycles. The molecule has 198 valence electrons. The van der Waals surface area contributed by atoms with Gasteiger partial charge in [0.1, 0.15) is 13.2 Å². The first kappa shape index (κ1) is 27.7. The first-order valence-corrected chi connectivity index (χ1v) is 10.1. The fourth-order valence-electron chi connectivity index (χ4n) is 3.99. The smallest absolute Gasteiger partial charge is 0.418 e. The zero-order valence-electron chi connectivity index (χ0n) is 18.3. The topological polar surface area (TPSA) is 57.1 Å². The number of halogens is 9. The van der Waals surface area contributed by atoms with E-state index in [1.807, 2.05) is 0 Å². The Labute approximate surface area is 198 Å². The van der Waals surface area contributed by atoms with Gasteiger partial charge in [-0.2, -0.15) is 39.5 Å². The molecule has 0 bridgehead atoms. The molecule has 0 amide bonds. The maximum Gasteiger partial charge on any atom is 0.418 e. The van der Waals surface area contributed by atoms with Crippen LogP contribution >= 0.6 is 0 Å². The zero-order valence-corrected chi connectivity index (χ0v) is 18.3. The van der Waals surface area contributed by atoms with Crippen molar-refractivity contribution in [2.24, 2.45) is 10.9 Å². The number of alkyl halides is 9. The lowest BCUT2D eigenvalue weighted by Gasteiger charge is -2.35. The summed E-state index contributed by atoms with van der Waals surface area (Å²) in [5.74, 6) is -5.71. The molecule has 3 rings (SSSR count). The Bertz CT molecular complexity index is 1040. The van der Waals surface area contributed by atoms with E-state index in [0.717, 1.165) is 25.3 Å². The van der Waals surface area contributed by atoms with Crippen LogP contribution < -0.4 is 0 Å². The van der Waals surface area contributed by atoms with Gasteiger partial charge in [0.15, 0.2) is 5.54 Å². The van der Waals surface area contributed by atoms with E-state index in [1.54, 1.807) is 0 Å². The number of esters is 1. The van der Waals surface area contributed by atoms with Gasteiger partial charge in [-0.3, -0.25) is 9.79 Å². The van der Waals surface area contributed by atoms with Crippen LogP contribution in [0.25, 0.3) is 0 Å². The van der Waals surface area contributed by atoms with Crippen LogP contribution in [0.1, 0.15) is 11.1 Å². The SMILES string of the molecule is COC(=O)[C@H]1Cc2ccccc2[C@]1(N=C1C=CC(OCC(F)(F)F)(OCC(F)(F)F)C=C1)C(F)(F)F. The summed E-state index contributed by atoms with van der Waals surface area (Å²) in [5.41, 5.74) is -3.78. The second kappa shape index (κ2) is 9.54. The van der Waals surface area contributed by atoms with Crippen LogP contribution in [0.4, 0.5) is 39.5 Å². The summed E-state index contributed by atoms with van der Waals surface area (Å²) in [7, 11) is 0.907. The molecule has 0 radical (unpaired) electrons. The molecule has 1 aromatic carbocycles. The van der Waals surface area contributed by atoms with E-state index in [0.29, 0.717) is 12.2 Å². The third kappa shape index (κ3) is 5.75. The van der Waals surface area contributed by atoms with Crippen LogP contribution in [0.15, 0.2) is 53.6 Å². The molecule has 2 aliphatic carbocycles. The van der Waals surface area contributed by atoms with E-state index in [-0.39, 0.29) is 17.5 Å². The summed E-state index contributed by atoms with van der Waals surface area (Å²) >= 11 is 0.